The first-order chi connectivity index (χ1) is 11.6. The van der Waals surface area contributed by atoms with E-state index in [1.165, 1.54) is 0 Å². The summed E-state index contributed by atoms with van der Waals surface area (Å²) in [6.07, 6.45) is 5.30. The van der Waals surface area contributed by atoms with Crippen molar-refractivity contribution in [3.05, 3.63) is 0 Å². The van der Waals surface area contributed by atoms with E-state index in [1.807, 2.05) is 4.90 Å². The normalized spacial score (nSPS) is 21.3. The molecule has 1 unspecified atom stereocenters. The van der Waals surface area contributed by atoms with Crippen LogP contribution >= 0.6 is 12.4 Å². The fourth-order valence-electron chi connectivity index (χ4n) is 3.51. The summed E-state index contributed by atoms with van der Waals surface area (Å²) in [5.41, 5.74) is 0. The van der Waals surface area contributed by atoms with Gasteiger partial charge in [-0.15, -0.1) is 12.4 Å². The van der Waals surface area contributed by atoms with Crippen LogP contribution in [0.5, 0.6) is 0 Å². The Morgan fingerprint density at radius 3 is 2.52 bits per heavy atom. The first-order valence-corrected chi connectivity index (χ1v) is 9.04. The van der Waals surface area contributed by atoms with Gasteiger partial charge in [-0.2, -0.15) is 0 Å². The Labute approximate surface area is 155 Å². The molecule has 0 aromatic carbocycles. The lowest BCUT2D eigenvalue weighted by atomic mass is 9.92. The second kappa shape index (κ2) is 11.3. The van der Waals surface area contributed by atoms with E-state index in [0.29, 0.717) is 18.9 Å². The van der Waals surface area contributed by atoms with Gasteiger partial charge in [-0.05, 0) is 51.1 Å². The molecule has 7 nitrogen and oxygen atoms in total. The van der Waals surface area contributed by atoms with Crippen LogP contribution in [0, 0.1) is 11.8 Å². The first kappa shape index (κ1) is 21.7. The number of rotatable bonds is 7. The van der Waals surface area contributed by atoms with E-state index in [0.717, 1.165) is 51.7 Å². The lowest BCUT2D eigenvalue weighted by Gasteiger charge is -2.32. The molecule has 1 atom stereocenters. The minimum Gasteiger partial charge on any atom is -0.481 e. The van der Waals surface area contributed by atoms with Crippen molar-refractivity contribution in [2.75, 3.05) is 32.7 Å². The van der Waals surface area contributed by atoms with Gasteiger partial charge in [0.25, 0.3) is 0 Å². The average molecular weight is 376 g/mol. The summed E-state index contributed by atoms with van der Waals surface area (Å²) in [4.78, 5) is 36.8. The average Bonchev–Trinajstić information content (AvgIpc) is 2.60. The van der Waals surface area contributed by atoms with E-state index in [2.05, 4.69) is 10.6 Å². The van der Waals surface area contributed by atoms with Crippen molar-refractivity contribution in [3.8, 4) is 0 Å². The van der Waals surface area contributed by atoms with Crippen molar-refractivity contribution in [1.82, 2.24) is 15.5 Å². The summed E-state index contributed by atoms with van der Waals surface area (Å²) in [5, 5.41) is 14.6. The molecule has 0 bridgehead atoms. The first-order valence-electron chi connectivity index (χ1n) is 9.04. The van der Waals surface area contributed by atoms with Crippen molar-refractivity contribution in [3.63, 3.8) is 0 Å². The van der Waals surface area contributed by atoms with Gasteiger partial charge in [0.05, 0.1) is 12.3 Å². The highest BCUT2D eigenvalue weighted by atomic mass is 35.5. The van der Waals surface area contributed by atoms with E-state index in [1.54, 1.807) is 0 Å². The molecule has 2 fully saturated rings. The molecule has 0 saturated carbocycles. The number of hydrogen-bond donors (Lipinski definition) is 3. The molecule has 8 heteroatoms. The minimum absolute atomic E-state index is 0. The highest BCUT2D eigenvalue weighted by Crippen LogP contribution is 2.21. The summed E-state index contributed by atoms with van der Waals surface area (Å²) in [5.74, 6) is -0.484. The Kier molecular flexibility index (Phi) is 9.82. The number of amides is 2. The number of aliphatic carboxylic acids is 1. The van der Waals surface area contributed by atoms with Gasteiger partial charge in [0.1, 0.15) is 0 Å². The predicted octanol–water partition coefficient (Wildman–Crippen LogP) is 1.02. The number of piperidine rings is 2. The lowest BCUT2D eigenvalue weighted by molar-refractivity contribution is -0.137. The molecule has 0 aliphatic carbocycles. The molecular weight excluding hydrogens is 346 g/mol. The zero-order valence-electron chi connectivity index (χ0n) is 14.7. The number of likely N-dealkylation sites (tertiary alicyclic amines) is 1. The van der Waals surface area contributed by atoms with Gasteiger partial charge < -0.3 is 20.6 Å². The van der Waals surface area contributed by atoms with Gasteiger partial charge in [0, 0.05) is 26.1 Å². The number of nitrogens with one attached hydrogen (secondary N) is 2. The van der Waals surface area contributed by atoms with Crippen LogP contribution in [0.2, 0.25) is 0 Å². The minimum atomic E-state index is -0.923. The maximum Gasteiger partial charge on any atom is 0.305 e. The molecule has 2 rings (SSSR count). The second-order valence-corrected chi connectivity index (χ2v) is 6.85. The molecule has 3 N–H and O–H groups in total. The van der Waals surface area contributed by atoms with Crippen LogP contribution in [-0.4, -0.2) is 60.5 Å². The van der Waals surface area contributed by atoms with Crippen molar-refractivity contribution < 1.29 is 19.5 Å². The Balaban J connectivity index is 0.00000312. The number of carboxylic acid groups (broad SMARTS) is 1. The van der Waals surface area contributed by atoms with E-state index in [4.69, 9.17) is 5.11 Å². The second-order valence-electron chi connectivity index (χ2n) is 6.85. The fraction of sp³-hybridized carbons (Fsp3) is 0.824. The summed E-state index contributed by atoms with van der Waals surface area (Å²) >= 11 is 0. The van der Waals surface area contributed by atoms with Gasteiger partial charge >= 0.3 is 5.97 Å². The van der Waals surface area contributed by atoms with Gasteiger partial charge in [-0.25, -0.2) is 0 Å². The van der Waals surface area contributed by atoms with Gasteiger partial charge in [-0.3, -0.25) is 14.4 Å². The maximum atomic E-state index is 12.4. The number of halogens is 1. The van der Waals surface area contributed by atoms with Crippen LogP contribution < -0.4 is 10.6 Å². The smallest absolute Gasteiger partial charge is 0.305 e. The number of carboxylic acids is 1. The Hall–Kier alpha value is -1.34. The molecule has 2 saturated heterocycles. The van der Waals surface area contributed by atoms with E-state index < -0.39 is 5.97 Å². The van der Waals surface area contributed by atoms with Crippen LogP contribution in [0.3, 0.4) is 0 Å². The molecule has 2 aliphatic heterocycles. The molecule has 2 heterocycles. The Bertz CT molecular complexity index is 455. The molecular formula is C17H30ClN3O4. The molecule has 0 aromatic heterocycles. The molecule has 2 aliphatic rings. The predicted molar refractivity (Wildman–Crippen MR) is 96.6 cm³/mol. The van der Waals surface area contributed by atoms with Gasteiger partial charge in [0.2, 0.25) is 11.8 Å². The van der Waals surface area contributed by atoms with Crippen molar-refractivity contribution in [2.24, 2.45) is 11.8 Å². The molecule has 0 radical (unpaired) electrons. The third kappa shape index (κ3) is 7.61. The molecule has 0 spiro atoms. The van der Waals surface area contributed by atoms with Gasteiger partial charge in [-0.1, -0.05) is 0 Å². The number of nitrogens with zero attached hydrogens (tertiary/aromatic N) is 1. The largest absolute Gasteiger partial charge is 0.481 e. The molecule has 0 aromatic rings. The standard InChI is InChI=1S/C17H29N3O4.ClH/c21-15(4-3-13-5-8-18-9-6-13)20-11-1-2-14(12-20)17(24)19-10-7-16(22)23;/h13-14,18H,1-12H2,(H,19,24)(H,22,23);1H. The molecule has 2 amide bonds. The summed E-state index contributed by atoms with van der Waals surface area (Å²) < 4.78 is 0. The zero-order valence-corrected chi connectivity index (χ0v) is 15.5. The van der Waals surface area contributed by atoms with Crippen molar-refractivity contribution in [2.45, 2.75) is 44.9 Å². The number of carbonyl (C=O) groups is 3. The number of hydrogen-bond acceptors (Lipinski definition) is 4. The number of carbonyl (C=O) groups excluding carboxylic acids is 2. The summed E-state index contributed by atoms with van der Waals surface area (Å²) in [6, 6.07) is 0. The van der Waals surface area contributed by atoms with E-state index in [-0.39, 0.29) is 43.1 Å². The van der Waals surface area contributed by atoms with Crippen LogP contribution in [0.25, 0.3) is 0 Å². The van der Waals surface area contributed by atoms with E-state index in [9.17, 15) is 14.4 Å². The van der Waals surface area contributed by atoms with E-state index >= 15 is 0 Å². The quantitative estimate of drug-likeness (QED) is 0.617. The van der Waals surface area contributed by atoms with Crippen LogP contribution in [0.4, 0.5) is 0 Å². The van der Waals surface area contributed by atoms with Crippen LogP contribution in [-0.2, 0) is 14.4 Å². The summed E-state index contributed by atoms with van der Waals surface area (Å²) in [6.45, 7) is 3.42. The maximum absolute atomic E-state index is 12.4. The fourth-order valence-corrected chi connectivity index (χ4v) is 3.51. The SMILES string of the molecule is Cl.O=C(O)CCNC(=O)C1CCCN(C(=O)CCC2CCNCC2)C1. The highest BCUT2D eigenvalue weighted by molar-refractivity contribution is 5.85. The van der Waals surface area contributed by atoms with Crippen LogP contribution in [0.1, 0.15) is 44.9 Å². The third-order valence-corrected chi connectivity index (χ3v) is 5.01. The zero-order chi connectivity index (χ0) is 17.4. The van der Waals surface area contributed by atoms with Crippen LogP contribution in [0.15, 0.2) is 0 Å². The topological polar surface area (TPSA) is 98.7 Å². The van der Waals surface area contributed by atoms with Crippen molar-refractivity contribution in [1.29, 1.82) is 0 Å². The third-order valence-electron chi connectivity index (χ3n) is 5.01. The van der Waals surface area contributed by atoms with Crippen molar-refractivity contribution >= 4 is 30.2 Å². The monoisotopic (exact) mass is 375 g/mol. The summed E-state index contributed by atoms with van der Waals surface area (Å²) in [7, 11) is 0. The molecule has 144 valence electrons. The molecule has 25 heavy (non-hydrogen) atoms. The lowest BCUT2D eigenvalue weighted by Crippen LogP contribution is -2.45. The highest BCUT2D eigenvalue weighted by Gasteiger charge is 2.28. The van der Waals surface area contributed by atoms with Gasteiger partial charge in [0.15, 0.2) is 0 Å². The Morgan fingerprint density at radius 2 is 1.84 bits per heavy atom. The Morgan fingerprint density at radius 1 is 1.12 bits per heavy atom.